The minimum absolute atomic E-state index is 0.0935. The molecule has 0 aliphatic heterocycles. The van der Waals surface area contributed by atoms with Crippen molar-refractivity contribution < 1.29 is 9.53 Å². The Bertz CT molecular complexity index is 905. The highest BCUT2D eigenvalue weighted by Crippen LogP contribution is 2.23. The van der Waals surface area contributed by atoms with E-state index in [1.54, 1.807) is 12.3 Å². The summed E-state index contributed by atoms with van der Waals surface area (Å²) in [5.41, 5.74) is 4.48. The number of hydrogen-bond donors (Lipinski definition) is 0. The molecule has 0 saturated carbocycles. The summed E-state index contributed by atoms with van der Waals surface area (Å²) in [5, 5.41) is 8.32. The fourth-order valence-corrected chi connectivity index (χ4v) is 2.63. The van der Waals surface area contributed by atoms with Gasteiger partial charge in [-0.2, -0.15) is 10.2 Å². The minimum atomic E-state index is -0.0935. The van der Waals surface area contributed by atoms with E-state index in [-0.39, 0.29) is 5.78 Å². The molecule has 0 radical (unpaired) electrons. The van der Waals surface area contributed by atoms with Crippen LogP contribution in [0.5, 0.6) is 0 Å². The predicted octanol–water partition coefficient (Wildman–Crippen LogP) is 5.24. The average Bonchev–Trinajstić information content (AvgIpc) is 2.66. The standard InChI is InChI=1S/C22H20N2O2/c1-16-8-10-20(11-9-16)24-23-15-18-13-19(22(25)21(14-18)26-2)12-17-6-4-3-5-7-17/h3-11,13-15H,12H2,1-2H3/b18-15-,24-23?. The van der Waals surface area contributed by atoms with Gasteiger partial charge in [0, 0.05) is 12.0 Å². The molecule has 2 aromatic rings. The van der Waals surface area contributed by atoms with Crippen LogP contribution in [0.25, 0.3) is 0 Å². The van der Waals surface area contributed by atoms with Crippen molar-refractivity contribution >= 4 is 11.5 Å². The van der Waals surface area contributed by atoms with Crippen LogP contribution < -0.4 is 0 Å². The van der Waals surface area contributed by atoms with Gasteiger partial charge in [-0.1, -0.05) is 48.0 Å². The number of nitrogens with zero attached hydrogens (tertiary/aromatic N) is 2. The number of carbonyl (C=O) groups is 1. The van der Waals surface area contributed by atoms with Crippen LogP contribution in [0.3, 0.4) is 0 Å². The second kappa shape index (κ2) is 8.21. The van der Waals surface area contributed by atoms with Crippen LogP contribution in [0.4, 0.5) is 5.69 Å². The van der Waals surface area contributed by atoms with E-state index in [0.717, 1.165) is 16.8 Å². The summed E-state index contributed by atoms with van der Waals surface area (Å²) >= 11 is 0. The number of carbonyl (C=O) groups excluding carboxylic acids is 1. The summed E-state index contributed by atoms with van der Waals surface area (Å²) in [6.45, 7) is 2.03. The molecule has 3 rings (SSSR count). The van der Waals surface area contributed by atoms with E-state index < -0.39 is 0 Å². The SMILES string of the molecule is COC1=C/C(=C\N=Nc2ccc(C)cc2)C=C(Cc2ccccc2)C1=O. The van der Waals surface area contributed by atoms with Gasteiger partial charge >= 0.3 is 0 Å². The van der Waals surface area contributed by atoms with Crippen LogP contribution in [0, 0.1) is 6.92 Å². The number of hydrogen-bond acceptors (Lipinski definition) is 4. The van der Waals surface area contributed by atoms with E-state index in [1.807, 2.05) is 67.6 Å². The smallest absolute Gasteiger partial charge is 0.223 e. The Morgan fingerprint density at radius 3 is 2.42 bits per heavy atom. The van der Waals surface area contributed by atoms with Gasteiger partial charge in [-0.15, -0.1) is 0 Å². The number of rotatable bonds is 5. The van der Waals surface area contributed by atoms with Crippen LogP contribution in [-0.2, 0) is 16.0 Å². The van der Waals surface area contributed by atoms with E-state index in [1.165, 1.54) is 12.7 Å². The van der Waals surface area contributed by atoms with E-state index in [2.05, 4.69) is 10.2 Å². The van der Waals surface area contributed by atoms with Crippen molar-refractivity contribution in [2.24, 2.45) is 10.2 Å². The number of methoxy groups -OCH3 is 1. The lowest BCUT2D eigenvalue weighted by Gasteiger charge is -2.14. The Kier molecular flexibility index (Phi) is 5.54. The number of Topliss-reactive ketones (excluding diaryl/α,β-unsaturated/α-hetero) is 1. The van der Waals surface area contributed by atoms with Crippen molar-refractivity contribution in [2.45, 2.75) is 13.3 Å². The summed E-state index contributed by atoms with van der Waals surface area (Å²) in [4.78, 5) is 12.5. The number of allylic oxidation sites excluding steroid dienone is 4. The van der Waals surface area contributed by atoms with Gasteiger partial charge in [0.1, 0.15) is 0 Å². The first kappa shape index (κ1) is 17.5. The fraction of sp³-hybridized carbons (Fsp3) is 0.136. The Labute approximate surface area is 153 Å². The summed E-state index contributed by atoms with van der Waals surface area (Å²) in [7, 11) is 1.50. The monoisotopic (exact) mass is 344 g/mol. The zero-order valence-electron chi connectivity index (χ0n) is 14.8. The molecular formula is C22H20N2O2. The van der Waals surface area contributed by atoms with Gasteiger partial charge in [0.05, 0.1) is 19.0 Å². The van der Waals surface area contributed by atoms with Crippen molar-refractivity contribution in [3.63, 3.8) is 0 Å². The second-order valence-electron chi connectivity index (χ2n) is 6.05. The summed E-state index contributed by atoms with van der Waals surface area (Å²) in [6.07, 6.45) is 5.71. The van der Waals surface area contributed by atoms with Crippen molar-refractivity contribution in [1.82, 2.24) is 0 Å². The predicted molar refractivity (Wildman–Crippen MR) is 102 cm³/mol. The van der Waals surface area contributed by atoms with E-state index in [0.29, 0.717) is 17.8 Å². The third-order valence-electron chi connectivity index (χ3n) is 4.03. The topological polar surface area (TPSA) is 51.0 Å². The molecular weight excluding hydrogens is 324 g/mol. The normalized spacial score (nSPS) is 15.9. The van der Waals surface area contributed by atoms with Crippen molar-refractivity contribution in [2.75, 3.05) is 7.11 Å². The molecule has 1 aliphatic rings. The van der Waals surface area contributed by atoms with Gasteiger partial charge in [-0.3, -0.25) is 4.79 Å². The molecule has 4 nitrogen and oxygen atoms in total. The Morgan fingerprint density at radius 1 is 1.00 bits per heavy atom. The zero-order chi connectivity index (χ0) is 18.4. The molecule has 2 aromatic carbocycles. The molecule has 26 heavy (non-hydrogen) atoms. The molecule has 0 spiro atoms. The van der Waals surface area contributed by atoms with Crippen LogP contribution in [0.2, 0.25) is 0 Å². The molecule has 0 fully saturated rings. The van der Waals surface area contributed by atoms with Gasteiger partial charge < -0.3 is 4.74 Å². The first-order chi connectivity index (χ1) is 12.7. The molecule has 0 N–H and O–H groups in total. The van der Waals surface area contributed by atoms with E-state index >= 15 is 0 Å². The molecule has 0 saturated heterocycles. The highest BCUT2D eigenvalue weighted by Gasteiger charge is 2.21. The minimum Gasteiger partial charge on any atom is -0.493 e. The molecule has 0 unspecified atom stereocenters. The number of ketones is 1. The maximum atomic E-state index is 12.5. The van der Waals surface area contributed by atoms with Crippen LogP contribution in [0.15, 0.2) is 100 Å². The first-order valence-corrected chi connectivity index (χ1v) is 8.38. The van der Waals surface area contributed by atoms with Crippen molar-refractivity contribution in [3.05, 3.63) is 101 Å². The molecule has 0 amide bonds. The molecule has 1 aliphatic carbocycles. The average molecular weight is 344 g/mol. The third-order valence-corrected chi connectivity index (χ3v) is 4.03. The number of aryl methyl sites for hydroxylation is 1. The maximum absolute atomic E-state index is 12.5. The Hall–Kier alpha value is -3.27. The molecule has 130 valence electrons. The summed E-state index contributed by atoms with van der Waals surface area (Å²) < 4.78 is 5.24. The molecule has 0 heterocycles. The van der Waals surface area contributed by atoms with Crippen LogP contribution in [0.1, 0.15) is 11.1 Å². The highest BCUT2D eigenvalue weighted by molar-refractivity contribution is 6.09. The molecule has 0 atom stereocenters. The number of azo groups is 1. The lowest BCUT2D eigenvalue weighted by Crippen LogP contribution is -2.14. The van der Waals surface area contributed by atoms with Gasteiger partial charge in [0.15, 0.2) is 5.76 Å². The highest BCUT2D eigenvalue weighted by atomic mass is 16.5. The third kappa shape index (κ3) is 4.42. The van der Waals surface area contributed by atoms with Crippen LogP contribution >= 0.6 is 0 Å². The Morgan fingerprint density at radius 2 is 1.73 bits per heavy atom. The quantitative estimate of drug-likeness (QED) is 0.696. The van der Waals surface area contributed by atoms with Gasteiger partial charge in [-0.25, -0.2) is 0 Å². The molecule has 0 bridgehead atoms. The summed E-state index contributed by atoms with van der Waals surface area (Å²) in [6, 6.07) is 17.7. The van der Waals surface area contributed by atoms with Crippen molar-refractivity contribution in [3.8, 4) is 0 Å². The first-order valence-electron chi connectivity index (χ1n) is 8.38. The lowest BCUT2D eigenvalue weighted by atomic mass is 9.94. The second-order valence-corrected chi connectivity index (χ2v) is 6.05. The van der Waals surface area contributed by atoms with Crippen LogP contribution in [-0.4, -0.2) is 12.9 Å². The maximum Gasteiger partial charge on any atom is 0.223 e. The van der Waals surface area contributed by atoms with Crippen molar-refractivity contribution in [1.29, 1.82) is 0 Å². The zero-order valence-corrected chi connectivity index (χ0v) is 14.8. The Balaban J connectivity index is 1.83. The fourth-order valence-electron chi connectivity index (χ4n) is 2.63. The molecule has 0 aromatic heterocycles. The van der Waals surface area contributed by atoms with Gasteiger partial charge in [-0.05, 0) is 42.3 Å². The number of ether oxygens (including phenoxy) is 1. The summed E-state index contributed by atoms with van der Waals surface area (Å²) in [5.74, 6) is 0.221. The lowest BCUT2D eigenvalue weighted by molar-refractivity contribution is -0.115. The molecule has 4 heteroatoms. The van der Waals surface area contributed by atoms with E-state index in [9.17, 15) is 4.79 Å². The number of benzene rings is 2. The van der Waals surface area contributed by atoms with E-state index in [4.69, 9.17) is 4.74 Å². The largest absolute Gasteiger partial charge is 0.493 e. The van der Waals surface area contributed by atoms with Gasteiger partial charge in [0.2, 0.25) is 5.78 Å². The van der Waals surface area contributed by atoms with Gasteiger partial charge in [0.25, 0.3) is 0 Å².